The summed E-state index contributed by atoms with van der Waals surface area (Å²) in [6, 6.07) is 0. The minimum atomic E-state index is -0.211. The largest absolute Gasteiger partial charge is 0.394 e. The quantitative estimate of drug-likeness (QED) is 0.0591. The van der Waals surface area contributed by atoms with E-state index in [0.717, 1.165) is 0 Å². The van der Waals surface area contributed by atoms with Gasteiger partial charge in [0.15, 0.2) is 0 Å². The van der Waals surface area contributed by atoms with Gasteiger partial charge in [-0.1, -0.05) is 0 Å². The monoisotopic (exact) mass is 1790 g/mol. The van der Waals surface area contributed by atoms with Crippen molar-refractivity contribution in [3.05, 3.63) is 0 Å². The van der Waals surface area contributed by atoms with Crippen LogP contribution >= 0.6 is 0 Å². The smallest absolute Gasteiger partial charge is 0.0781 e. The predicted octanol–water partition coefficient (Wildman–Crippen LogP) is 12.2. The number of rotatable bonds is 90. The lowest BCUT2D eigenvalue weighted by atomic mass is 10.3. The summed E-state index contributed by atoms with van der Waals surface area (Å²) in [6.45, 7) is 74.6. The van der Waals surface area contributed by atoms with Crippen LogP contribution in [-0.4, -0.2) is 393 Å². The molecule has 0 aliphatic carbocycles. The molecule has 31 nitrogen and oxygen atoms in total. The molecule has 0 rings (SSSR count). The molecule has 0 fully saturated rings. The highest BCUT2D eigenvalue weighted by atomic mass is 16.6. The van der Waals surface area contributed by atoms with Crippen LogP contribution in [0.3, 0.4) is 0 Å². The molecule has 30 unspecified atom stereocenters. The zero-order chi connectivity index (χ0) is 92.5. The highest BCUT2D eigenvalue weighted by Crippen LogP contribution is 2.14. The van der Waals surface area contributed by atoms with Crippen LogP contribution in [0, 0.1) is 0 Å². The molecule has 1 N–H and O–H groups in total. The first kappa shape index (κ1) is 122. The van der Waals surface area contributed by atoms with E-state index in [1.807, 2.05) is 215 Å². The third-order valence-corrected chi connectivity index (χ3v) is 18.6. The SMILES string of the molecule is CCOC(C)COC(C)COC(C)COC(C)COC(C)COC(C)COC(C)COC(C)COC(C)COC(C)COC(C)COC(C)COC(C)COC(C)COC(C)COC(C)COC(C)COC(C)COC(C)COC(C)COC(C)COC(C)COC(C)COC(C)COC(C)COC(C)COC(C)COC(C)COC(C)COC(C)CO. The molecule has 0 aromatic heterocycles. The second-order valence-electron chi connectivity index (χ2n) is 34.6. The van der Waals surface area contributed by atoms with Gasteiger partial charge in [-0.3, -0.25) is 0 Å². The van der Waals surface area contributed by atoms with Gasteiger partial charge in [0.1, 0.15) is 0 Å². The summed E-state index contributed by atoms with van der Waals surface area (Å²) in [4.78, 5) is 0. The Morgan fingerprint density at radius 1 is 0.106 bits per heavy atom. The van der Waals surface area contributed by atoms with E-state index in [4.69, 9.17) is 147 Å². The molecular formula is C92H186O31. The summed E-state index contributed by atoms with van der Waals surface area (Å²) in [6.07, 6.45) is -3.39. The van der Waals surface area contributed by atoms with Gasteiger partial charge in [-0.25, -0.2) is 0 Å². The molecule has 0 radical (unpaired) electrons. The molecule has 123 heavy (non-hydrogen) atoms. The Balaban J connectivity index is 4.08. The van der Waals surface area contributed by atoms with Gasteiger partial charge >= 0.3 is 0 Å². The van der Waals surface area contributed by atoms with Gasteiger partial charge in [0.25, 0.3) is 0 Å². The van der Waals surface area contributed by atoms with Crippen molar-refractivity contribution in [3.63, 3.8) is 0 Å². The van der Waals surface area contributed by atoms with E-state index in [0.29, 0.717) is 198 Å². The number of ether oxygens (including phenoxy) is 30. The number of aliphatic hydroxyl groups excluding tert-OH is 1. The minimum absolute atomic E-state index is 0.0168. The summed E-state index contributed by atoms with van der Waals surface area (Å²) in [5, 5.41) is 9.12. The average molecular weight is 1790 g/mol. The Kier molecular flexibility index (Phi) is 76.4. The van der Waals surface area contributed by atoms with E-state index in [2.05, 4.69) is 0 Å². The van der Waals surface area contributed by atoms with Crippen LogP contribution in [0.1, 0.15) is 215 Å². The third kappa shape index (κ3) is 77.0. The fourth-order valence-electron chi connectivity index (χ4n) is 10.4. The molecule has 0 aromatic carbocycles. The standard InChI is InChI=1S/C92H186O31/c1-32-94-64(3)34-96-66(5)36-98-68(7)38-100-70(9)40-102-72(11)42-104-74(13)44-106-76(15)46-108-78(17)48-110-80(19)50-112-82(21)52-114-84(23)54-116-86(25)56-118-88(27)58-120-90(29)60-122-92(31)62-123-91(30)61-121-89(28)59-119-87(26)57-117-85(24)55-115-83(22)53-113-81(20)51-111-79(18)49-109-77(16)47-107-75(14)45-105-73(12)43-103-71(10)41-101-69(8)39-99-67(6)37-97-65(4)35-95-63(2)33-93/h63-93H,32-62H2,1-31H3. The summed E-state index contributed by atoms with van der Waals surface area (Å²) in [5.74, 6) is 0. The van der Waals surface area contributed by atoms with Crippen LogP contribution < -0.4 is 0 Å². The number of hydrogen-bond acceptors (Lipinski definition) is 31. The first-order valence-electron chi connectivity index (χ1n) is 46.3. The Morgan fingerprint density at radius 2 is 0.163 bits per heavy atom. The molecule has 740 valence electrons. The zero-order valence-electron chi connectivity index (χ0n) is 82.9. The first-order chi connectivity index (χ1) is 58.2. The highest BCUT2D eigenvalue weighted by Gasteiger charge is 2.23. The van der Waals surface area contributed by atoms with Gasteiger partial charge in [-0.15, -0.1) is 0 Å². The van der Waals surface area contributed by atoms with Crippen molar-refractivity contribution in [2.75, 3.05) is 205 Å². The summed E-state index contributed by atoms with van der Waals surface area (Å²) >= 11 is 0. The van der Waals surface area contributed by atoms with Gasteiger partial charge in [-0.2, -0.15) is 0 Å². The molecule has 0 amide bonds. The van der Waals surface area contributed by atoms with Crippen LogP contribution in [0.4, 0.5) is 0 Å². The van der Waals surface area contributed by atoms with Crippen LogP contribution in [0.2, 0.25) is 0 Å². The molecule has 31 heteroatoms. The molecule has 0 heterocycles. The van der Waals surface area contributed by atoms with E-state index in [1.54, 1.807) is 0 Å². The van der Waals surface area contributed by atoms with Gasteiger partial charge < -0.3 is 147 Å². The first-order valence-corrected chi connectivity index (χ1v) is 46.3. The van der Waals surface area contributed by atoms with Crippen molar-refractivity contribution in [1.82, 2.24) is 0 Å². The van der Waals surface area contributed by atoms with Crippen molar-refractivity contribution in [1.29, 1.82) is 0 Å². The predicted molar refractivity (Wildman–Crippen MR) is 475 cm³/mol. The second kappa shape index (κ2) is 77.2. The molecule has 0 aliphatic heterocycles. The Hall–Kier alpha value is -1.24. The Bertz CT molecular complexity index is 2190. The maximum absolute atomic E-state index is 9.12. The lowest BCUT2D eigenvalue weighted by Gasteiger charge is -2.24. The number of aliphatic hydroxyl groups is 1. The van der Waals surface area contributed by atoms with Crippen molar-refractivity contribution in [2.45, 2.75) is 398 Å². The molecule has 0 saturated heterocycles. The second-order valence-corrected chi connectivity index (χ2v) is 34.6. The van der Waals surface area contributed by atoms with Gasteiger partial charge in [0.2, 0.25) is 0 Å². The Morgan fingerprint density at radius 3 is 0.220 bits per heavy atom. The molecule has 0 aromatic rings. The maximum Gasteiger partial charge on any atom is 0.0781 e. The van der Waals surface area contributed by atoms with E-state index in [9.17, 15) is 0 Å². The van der Waals surface area contributed by atoms with Crippen molar-refractivity contribution >= 4 is 0 Å². The zero-order valence-corrected chi connectivity index (χ0v) is 82.9. The van der Waals surface area contributed by atoms with E-state index in [1.165, 1.54) is 0 Å². The number of hydrogen-bond donors (Lipinski definition) is 1. The molecule has 0 aliphatic rings. The maximum atomic E-state index is 9.12. The minimum Gasteiger partial charge on any atom is -0.394 e. The lowest BCUT2D eigenvalue weighted by molar-refractivity contribution is -0.118. The fourth-order valence-corrected chi connectivity index (χ4v) is 10.4. The van der Waals surface area contributed by atoms with Crippen molar-refractivity contribution < 1.29 is 147 Å². The van der Waals surface area contributed by atoms with E-state index >= 15 is 0 Å². The normalized spacial score (nSPS) is 19.9. The summed E-state index contributed by atoms with van der Waals surface area (Å²) < 4.78 is 179. The van der Waals surface area contributed by atoms with Crippen molar-refractivity contribution in [3.8, 4) is 0 Å². The van der Waals surface area contributed by atoms with Crippen LogP contribution in [0.25, 0.3) is 0 Å². The molecule has 0 bridgehead atoms. The molecule has 30 atom stereocenters. The van der Waals surface area contributed by atoms with E-state index < -0.39 is 0 Å². The summed E-state index contributed by atoms with van der Waals surface area (Å²) in [5.41, 5.74) is 0. The summed E-state index contributed by atoms with van der Waals surface area (Å²) in [7, 11) is 0. The van der Waals surface area contributed by atoms with Gasteiger partial charge in [-0.05, 0) is 215 Å². The third-order valence-electron chi connectivity index (χ3n) is 18.6. The van der Waals surface area contributed by atoms with Crippen LogP contribution in [0.5, 0.6) is 0 Å². The molecular weight excluding hydrogens is 1600 g/mol. The highest BCUT2D eigenvalue weighted by molar-refractivity contribution is 4.68. The fraction of sp³-hybridized carbons (Fsp3) is 1.00. The van der Waals surface area contributed by atoms with Crippen LogP contribution in [0.15, 0.2) is 0 Å². The van der Waals surface area contributed by atoms with Crippen molar-refractivity contribution in [2.24, 2.45) is 0 Å². The van der Waals surface area contributed by atoms with Gasteiger partial charge in [0.05, 0.1) is 381 Å². The molecule has 0 spiro atoms. The van der Waals surface area contributed by atoms with Crippen LogP contribution in [-0.2, 0) is 142 Å². The van der Waals surface area contributed by atoms with Gasteiger partial charge in [0, 0.05) is 6.61 Å². The topological polar surface area (TPSA) is 297 Å². The Labute approximate surface area is 746 Å². The van der Waals surface area contributed by atoms with E-state index in [-0.39, 0.29) is 190 Å². The average Bonchev–Trinajstić information content (AvgIpc) is 0.970. The lowest BCUT2D eigenvalue weighted by Crippen LogP contribution is -2.31. The molecule has 0 saturated carbocycles.